The van der Waals surface area contributed by atoms with E-state index in [0.29, 0.717) is 5.69 Å². The first-order chi connectivity index (χ1) is 8.99. The molecule has 0 amide bonds. The molecule has 0 fully saturated rings. The van der Waals surface area contributed by atoms with Gasteiger partial charge in [-0.15, -0.1) is 0 Å². The maximum Gasteiger partial charge on any atom is 0.335 e. The van der Waals surface area contributed by atoms with Crippen molar-refractivity contribution in [3.63, 3.8) is 0 Å². The number of nitrogens with one attached hydrogen (secondary N) is 2. The number of sulfonamides is 1. The van der Waals surface area contributed by atoms with Gasteiger partial charge in [0.1, 0.15) is 0 Å². The molecule has 0 unspecified atom stereocenters. The third kappa shape index (κ3) is 3.14. The second-order valence-electron chi connectivity index (χ2n) is 3.59. The Labute approximate surface area is 108 Å². The Morgan fingerprint density at radius 3 is 2.79 bits per heavy atom. The highest BCUT2D eigenvalue weighted by Crippen LogP contribution is 2.05. The molecule has 2 aromatic rings. The normalized spacial score (nSPS) is 11.4. The van der Waals surface area contributed by atoms with Gasteiger partial charge in [0.05, 0.1) is 24.0 Å². The van der Waals surface area contributed by atoms with Crippen LogP contribution in [-0.4, -0.2) is 34.7 Å². The smallest absolute Gasteiger partial charge is 0.335 e. The summed E-state index contributed by atoms with van der Waals surface area (Å²) in [6.07, 6.45) is 2.63. The number of H-pyrrole nitrogens is 1. The first kappa shape index (κ1) is 13.2. The molecule has 0 aliphatic rings. The number of aromatic carboxylic acids is 1. The first-order valence-corrected chi connectivity index (χ1v) is 6.64. The summed E-state index contributed by atoms with van der Waals surface area (Å²) in [5.41, 5.74) is 0.355. The molecular formula is C10H10N4O4S. The summed E-state index contributed by atoms with van der Waals surface area (Å²) in [5.74, 6) is -1.10. The van der Waals surface area contributed by atoms with Crippen molar-refractivity contribution in [1.82, 2.24) is 19.9 Å². The molecule has 2 rings (SSSR count). The molecule has 2 aromatic heterocycles. The molecule has 0 saturated carbocycles. The lowest BCUT2D eigenvalue weighted by Gasteiger charge is -2.04. The minimum absolute atomic E-state index is 0.0470. The highest BCUT2D eigenvalue weighted by molar-refractivity contribution is 7.89. The zero-order chi connectivity index (χ0) is 13.9. The van der Waals surface area contributed by atoms with Gasteiger partial charge in [-0.25, -0.2) is 17.9 Å². The second kappa shape index (κ2) is 5.16. The van der Waals surface area contributed by atoms with Gasteiger partial charge in [-0.2, -0.15) is 5.10 Å². The van der Waals surface area contributed by atoms with Gasteiger partial charge in [0, 0.05) is 6.20 Å². The van der Waals surface area contributed by atoms with Crippen LogP contribution in [0, 0.1) is 0 Å². The summed E-state index contributed by atoms with van der Waals surface area (Å²) in [4.78, 5) is 14.7. The molecule has 0 radical (unpaired) electrons. The van der Waals surface area contributed by atoms with Crippen LogP contribution >= 0.6 is 0 Å². The van der Waals surface area contributed by atoms with Crippen molar-refractivity contribution >= 4 is 16.0 Å². The number of aromatic nitrogens is 3. The van der Waals surface area contributed by atoms with E-state index in [0.717, 1.165) is 0 Å². The Morgan fingerprint density at radius 1 is 1.37 bits per heavy atom. The predicted octanol–water partition coefficient (Wildman–Crippen LogP) is -0.0186. The van der Waals surface area contributed by atoms with Crippen LogP contribution in [0.3, 0.4) is 0 Å². The lowest BCUT2D eigenvalue weighted by Crippen LogP contribution is -2.24. The van der Waals surface area contributed by atoms with Crippen LogP contribution in [0.4, 0.5) is 0 Å². The van der Waals surface area contributed by atoms with Gasteiger partial charge in [0.2, 0.25) is 0 Å². The summed E-state index contributed by atoms with van der Waals surface area (Å²) >= 11 is 0. The van der Waals surface area contributed by atoms with E-state index in [1.807, 2.05) is 0 Å². The van der Waals surface area contributed by atoms with Crippen LogP contribution in [0.5, 0.6) is 0 Å². The Hall–Kier alpha value is -2.26. The van der Waals surface area contributed by atoms with E-state index in [-0.39, 0.29) is 17.1 Å². The molecule has 8 nitrogen and oxygen atoms in total. The van der Waals surface area contributed by atoms with E-state index < -0.39 is 16.0 Å². The van der Waals surface area contributed by atoms with Crippen molar-refractivity contribution < 1.29 is 18.3 Å². The van der Waals surface area contributed by atoms with E-state index in [2.05, 4.69) is 19.9 Å². The number of rotatable bonds is 5. The fourth-order valence-corrected chi connectivity index (χ4v) is 2.25. The SMILES string of the molecule is O=C(O)c1ccnc(CNS(=O)(=O)c2ccn[nH]2)c1. The van der Waals surface area contributed by atoms with E-state index in [1.54, 1.807) is 0 Å². The fourth-order valence-electron chi connectivity index (χ4n) is 1.35. The molecule has 0 bridgehead atoms. The molecule has 9 heteroatoms. The van der Waals surface area contributed by atoms with Crippen LogP contribution < -0.4 is 4.72 Å². The van der Waals surface area contributed by atoms with Gasteiger partial charge in [-0.05, 0) is 18.2 Å². The van der Waals surface area contributed by atoms with Gasteiger partial charge < -0.3 is 5.11 Å². The van der Waals surface area contributed by atoms with Gasteiger partial charge in [0.15, 0.2) is 5.03 Å². The van der Waals surface area contributed by atoms with E-state index >= 15 is 0 Å². The maximum atomic E-state index is 11.8. The number of nitrogens with zero attached hydrogens (tertiary/aromatic N) is 2. The zero-order valence-corrected chi connectivity index (χ0v) is 10.4. The Balaban J connectivity index is 2.11. The zero-order valence-electron chi connectivity index (χ0n) is 9.57. The van der Waals surface area contributed by atoms with Crippen molar-refractivity contribution in [1.29, 1.82) is 0 Å². The first-order valence-electron chi connectivity index (χ1n) is 5.16. The summed E-state index contributed by atoms with van der Waals surface area (Å²) in [7, 11) is -3.70. The van der Waals surface area contributed by atoms with E-state index in [4.69, 9.17) is 5.11 Å². The maximum absolute atomic E-state index is 11.8. The monoisotopic (exact) mass is 282 g/mol. The van der Waals surface area contributed by atoms with Crippen LogP contribution in [0.1, 0.15) is 16.1 Å². The van der Waals surface area contributed by atoms with Crippen LogP contribution in [0.2, 0.25) is 0 Å². The minimum Gasteiger partial charge on any atom is -0.478 e. The number of aromatic amines is 1. The van der Waals surface area contributed by atoms with Crippen molar-refractivity contribution in [2.24, 2.45) is 0 Å². The van der Waals surface area contributed by atoms with E-state index in [9.17, 15) is 13.2 Å². The summed E-state index contributed by atoms with van der Waals surface area (Å²) in [6.45, 7) is -0.109. The molecule has 19 heavy (non-hydrogen) atoms. The minimum atomic E-state index is -3.70. The lowest BCUT2D eigenvalue weighted by molar-refractivity contribution is 0.0696. The highest BCUT2D eigenvalue weighted by atomic mass is 32.2. The molecule has 0 aliphatic carbocycles. The predicted molar refractivity (Wildman–Crippen MR) is 63.8 cm³/mol. The van der Waals surface area contributed by atoms with Crippen LogP contribution in [0.25, 0.3) is 0 Å². The van der Waals surface area contributed by atoms with Crippen molar-refractivity contribution in [2.75, 3.05) is 0 Å². The molecule has 100 valence electrons. The molecule has 0 atom stereocenters. The molecule has 2 heterocycles. The second-order valence-corrected chi connectivity index (χ2v) is 5.32. The third-order valence-corrected chi connectivity index (χ3v) is 3.60. The number of pyridine rings is 1. The molecule has 0 aromatic carbocycles. The highest BCUT2D eigenvalue weighted by Gasteiger charge is 2.15. The van der Waals surface area contributed by atoms with E-state index in [1.165, 1.54) is 30.6 Å². The Bertz CT molecular complexity index is 681. The third-order valence-electron chi connectivity index (χ3n) is 2.27. The average Bonchev–Trinajstić information content (AvgIpc) is 2.91. The topological polar surface area (TPSA) is 125 Å². The number of carboxylic acid groups (broad SMARTS) is 1. The molecule has 3 N–H and O–H groups in total. The van der Waals surface area contributed by atoms with Gasteiger partial charge in [-0.1, -0.05) is 0 Å². The number of carbonyl (C=O) groups is 1. The van der Waals surface area contributed by atoms with Crippen molar-refractivity contribution in [2.45, 2.75) is 11.6 Å². The molecular weight excluding hydrogens is 272 g/mol. The average molecular weight is 282 g/mol. The van der Waals surface area contributed by atoms with Crippen LogP contribution in [-0.2, 0) is 16.6 Å². The van der Waals surface area contributed by atoms with Gasteiger partial charge in [0.25, 0.3) is 10.0 Å². The molecule has 0 saturated heterocycles. The van der Waals surface area contributed by atoms with Crippen LogP contribution in [0.15, 0.2) is 35.6 Å². The van der Waals surface area contributed by atoms with Gasteiger partial charge >= 0.3 is 5.97 Å². The largest absolute Gasteiger partial charge is 0.478 e. The van der Waals surface area contributed by atoms with Gasteiger partial charge in [-0.3, -0.25) is 10.1 Å². The lowest BCUT2D eigenvalue weighted by atomic mass is 10.2. The summed E-state index contributed by atoms with van der Waals surface area (Å²) in [5, 5.41) is 14.6. The molecule has 0 aliphatic heterocycles. The Kier molecular flexibility index (Phi) is 3.58. The summed E-state index contributed by atoms with van der Waals surface area (Å²) < 4.78 is 25.8. The number of hydrogen-bond acceptors (Lipinski definition) is 5. The van der Waals surface area contributed by atoms with Crippen molar-refractivity contribution in [3.05, 3.63) is 41.9 Å². The Morgan fingerprint density at radius 2 is 2.16 bits per heavy atom. The van der Waals surface area contributed by atoms with Crippen molar-refractivity contribution in [3.8, 4) is 0 Å². The number of hydrogen-bond donors (Lipinski definition) is 3. The quantitative estimate of drug-likeness (QED) is 0.707. The summed E-state index contributed by atoms with van der Waals surface area (Å²) in [6, 6.07) is 3.94. The standard InChI is InChI=1S/C10H10N4O4S/c15-10(16)7-1-3-11-8(5-7)6-13-19(17,18)9-2-4-12-14-9/h1-5,13H,6H2,(H,12,14)(H,15,16). The number of carboxylic acids is 1. The molecule has 0 spiro atoms. The fraction of sp³-hybridized carbons (Fsp3) is 0.100.